The van der Waals surface area contributed by atoms with Crippen molar-refractivity contribution in [2.45, 2.75) is 18.9 Å². The van der Waals surface area contributed by atoms with Crippen molar-refractivity contribution >= 4 is 34.7 Å². The largest absolute Gasteiger partial charge is 0.508 e. The number of benzene rings is 3. The molecule has 0 bridgehead atoms. The molecular formula is C27H22ClNO6. The van der Waals surface area contributed by atoms with Crippen molar-refractivity contribution < 1.29 is 29.3 Å². The molecule has 1 atom stereocenters. The predicted octanol–water partition coefficient (Wildman–Crippen LogP) is 5.01. The highest BCUT2D eigenvalue weighted by Crippen LogP contribution is 2.44. The van der Waals surface area contributed by atoms with Crippen molar-refractivity contribution in [2.75, 3.05) is 18.6 Å². The van der Waals surface area contributed by atoms with Gasteiger partial charge in [0.15, 0.2) is 0 Å². The Balaban J connectivity index is 1.68. The molecule has 1 amide bonds. The molecule has 2 N–H and O–H groups in total. The molecule has 7 nitrogen and oxygen atoms in total. The molecule has 2 aliphatic rings. The molecule has 8 heteroatoms. The van der Waals surface area contributed by atoms with Crippen LogP contribution < -0.4 is 14.4 Å². The third-order valence-corrected chi connectivity index (χ3v) is 6.54. The van der Waals surface area contributed by atoms with E-state index in [1.165, 1.54) is 30.2 Å². The molecule has 35 heavy (non-hydrogen) atoms. The highest BCUT2D eigenvalue weighted by atomic mass is 35.5. The van der Waals surface area contributed by atoms with E-state index in [4.69, 9.17) is 21.1 Å². The molecule has 3 aromatic carbocycles. The lowest BCUT2D eigenvalue weighted by Gasteiger charge is -2.26. The van der Waals surface area contributed by atoms with E-state index in [2.05, 4.69) is 0 Å². The van der Waals surface area contributed by atoms with Gasteiger partial charge in [-0.3, -0.25) is 14.5 Å². The minimum Gasteiger partial charge on any atom is -0.508 e. The molecule has 1 fully saturated rings. The van der Waals surface area contributed by atoms with E-state index in [9.17, 15) is 19.8 Å². The molecule has 0 spiro atoms. The number of carbonyl (C=O) groups excluding carboxylic acids is 2. The number of nitrogens with zero attached hydrogens (tertiary/aromatic N) is 1. The van der Waals surface area contributed by atoms with Gasteiger partial charge in [0, 0.05) is 11.3 Å². The fourth-order valence-corrected chi connectivity index (χ4v) is 4.79. The van der Waals surface area contributed by atoms with Crippen molar-refractivity contribution in [1.29, 1.82) is 0 Å². The van der Waals surface area contributed by atoms with Gasteiger partial charge in [0.05, 0.1) is 30.4 Å². The van der Waals surface area contributed by atoms with Crippen LogP contribution in [0.5, 0.6) is 17.2 Å². The summed E-state index contributed by atoms with van der Waals surface area (Å²) in [7, 11) is 1.48. The number of fused-ring (bicyclic) bond motifs is 1. The molecule has 0 radical (unpaired) electrons. The number of hydrogen-bond acceptors (Lipinski definition) is 6. The first-order chi connectivity index (χ1) is 16.9. The quantitative estimate of drug-likeness (QED) is 0.303. The molecule has 2 heterocycles. The van der Waals surface area contributed by atoms with Crippen molar-refractivity contribution in [3.05, 3.63) is 87.9 Å². The lowest BCUT2D eigenvalue weighted by Crippen LogP contribution is -2.29. The van der Waals surface area contributed by atoms with Crippen LogP contribution in [0.2, 0.25) is 5.02 Å². The van der Waals surface area contributed by atoms with Gasteiger partial charge in [0.25, 0.3) is 11.7 Å². The van der Waals surface area contributed by atoms with Gasteiger partial charge in [0.1, 0.15) is 23.0 Å². The van der Waals surface area contributed by atoms with Gasteiger partial charge < -0.3 is 19.7 Å². The smallest absolute Gasteiger partial charge is 0.300 e. The summed E-state index contributed by atoms with van der Waals surface area (Å²) >= 11 is 6.31. The van der Waals surface area contributed by atoms with Gasteiger partial charge in [-0.1, -0.05) is 23.7 Å². The molecule has 0 aliphatic carbocycles. The summed E-state index contributed by atoms with van der Waals surface area (Å²) in [5.41, 5.74) is 2.20. The number of aromatic hydroxyl groups is 1. The number of halogens is 1. The number of hydrogen-bond donors (Lipinski definition) is 2. The molecule has 1 saturated heterocycles. The van der Waals surface area contributed by atoms with E-state index >= 15 is 0 Å². The molecule has 3 aromatic rings. The van der Waals surface area contributed by atoms with E-state index in [1.807, 2.05) is 0 Å². The summed E-state index contributed by atoms with van der Waals surface area (Å²) in [5, 5.41) is 21.4. The summed E-state index contributed by atoms with van der Waals surface area (Å²) in [6.45, 7) is 0.634. The van der Waals surface area contributed by atoms with Crippen LogP contribution in [0.15, 0.2) is 66.2 Å². The number of ether oxygens (including phenoxy) is 2. The molecule has 2 aliphatic heterocycles. The minimum atomic E-state index is -0.938. The van der Waals surface area contributed by atoms with Gasteiger partial charge in [0.2, 0.25) is 0 Å². The molecule has 0 aromatic heterocycles. The predicted molar refractivity (Wildman–Crippen MR) is 131 cm³/mol. The zero-order valence-electron chi connectivity index (χ0n) is 18.8. The number of rotatable bonds is 4. The Morgan fingerprint density at radius 1 is 1.09 bits per heavy atom. The van der Waals surface area contributed by atoms with Crippen LogP contribution in [0.1, 0.15) is 29.2 Å². The van der Waals surface area contributed by atoms with E-state index < -0.39 is 17.7 Å². The monoisotopic (exact) mass is 491 g/mol. The number of aryl methyl sites for hydroxylation is 1. The first kappa shape index (κ1) is 22.8. The second kappa shape index (κ2) is 9.00. The standard InChI is InChI=1S/C27H22ClNO6/c1-34-22-11-7-18(14-20(22)28)29-24(15-4-8-19(30)9-5-15)23(26(32)27(29)33)25(31)17-6-10-21-16(13-17)3-2-12-35-21/h4-11,13-14,24,30-31H,2-3,12H2,1H3/b25-23-. The van der Waals surface area contributed by atoms with Crippen LogP contribution in [0.25, 0.3) is 5.76 Å². The summed E-state index contributed by atoms with van der Waals surface area (Å²) in [6.07, 6.45) is 1.64. The Morgan fingerprint density at radius 2 is 1.86 bits per heavy atom. The highest BCUT2D eigenvalue weighted by Gasteiger charge is 2.47. The van der Waals surface area contributed by atoms with E-state index in [0.29, 0.717) is 29.2 Å². The second-order valence-electron chi connectivity index (χ2n) is 8.35. The number of Topliss-reactive ketones (excluding diaryl/α,β-unsaturated/α-hetero) is 1. The van der Waals surface area contributed by atoms with Gasteiger partial charge in [-0.15, -0.1) is 0 Å². The Bertz CT molecular complexity index is 1360. The van der Waals surface area contributed by atoms with Crippen LogP contribution in [-0.2, 0) is 16.0 Å². The van der Waals surface area contributed by atoms with Gasteiger partial charge in [-0.05, 0) is 72.5 Å². The SMILES string of the molecule is COc1ccc(N2C(=O)C(=O)/C(=C(\O)c3ccc4c(c3)CCCO4)C2c2ccc(O)cc2)cc1Cl. The van der Waals surface area contributed by atoms with E-state index in [0.717, 1.165) is 24.2 Å². The normalized spacial score (nSPS) is 18.8. The Hall–Kier alpha value is -3.97. The van der Waals surface area contributed by atoms with Crippen molar-refractivity contribution in [3.8, 4) is 17.2 Å². The lowest BCUT2D eigenvalue weighted by molar-refractivity contribution is -0.132. The summed E-state index contributed by atoms with van der Waals surface area (Å²) in [4.78, 5) is 27.9. The summed E-state index contributed by atoms with van der Waals surface area (Å²) in [5.74, 6) is -0.695. The number of aliphatic hydroxyl groups is 1. The average molecular weight is 492 g/mol. The number of phenols is 1. The maximum atomic E-state index is 13.3. The van der Waals surface area contributed by atoms with Crippen molar-refractivity contribution in [3.63, 3.8) is 0 Å². The van der Waals surface area contributed by atoms with Gasteiger partial charge in [-0.2, -0.15) is 0 Å². The number of phenolic OH excluding ortho intramolecular Hbond substituents is 1. The molecular weight excluding hydrogens is 470 g/mol. The zero-order chi connectivity index (χ0) is 24.7. The number of ketones is 1. The maximum Gasteiger partial charge on any atom is 0.300 e. The number of carbonyl (C=O) groups is 2. The summed E-state index contributed by atoms with van der Waals surface area (Å²) in [6, 6.07) is 15.2. The highest BCUT2D eigenvalue weighted by molar-refractivity contribution is 6.51. The minimum absolute atomic E-state index is 0.0351. The fourth-order valence-electron chi connectivity index (χ4n) is 4.54. The zero-order valence-corrected chi connectivity index (χ0v) is 19.6. The number of anilines is 1. The Morgan fingerprint density at radius 3 is 2.57 bits per heavy atom. The molecule has 5 rings (SSSR count). The summed E-state index contributed by atoms with van der Waals surface area (Å²) < 4.78 is 10.9. The first-order valence-electron chi connectivity index (χ1n) is 11.1. The fraction of sp³-hybridized carbons (Fsp3) is 0.185. The van der Waals surface area contributed by atoms with Gasteiger partial charge in [-0.25, -0.2) is 0 Å². The topological polar surface area (TPSA) is 96.3 Å². The number of aliphatic hydroxyl groups excluding tert-OH is 1. The third-order valence-electron chi connectivity index (χ3n) is 6.25. The van der Waals surface area contributed by atoms with Crippen LogP contribution in [0, 0.1) is 0 Å². The third kappa shape index (κ3) is 3.98. The number of amides is 1. The molecule has 178 valence electrons. The van der Waals surface area contributed by atoms with E-state index in [-0.39, 0.29) is 22.1 Å². The van der Waals surface area contributed by atoms with Crippen molar-refractivity contribution in [2.24, 2.45) is 0 Å². The Labute approximate surface area is 206 Å². The molecule has 1 unspecified atom stereocenters. The van der Waals surface area contributed by atoms with Crippen LogP contribution in [0.3, 0.4) is 0 Å². The van der Waals surface area contributed by atoms with Crippen LogP contribution in [-0.4, -0.2) is 35.6 Å². The first-order valence-corrected chi connectivity index (χ1v) is 11.5. The van der Waals surface area contributed by atoms with Crippen molar-refractivity contribution in [1.82, 2.24) is 0 Å². The van der Waals surface area contributed by atoms with E-state index in [1.54, 1.807) is 42.5 Å². The molecule has 0 saturated carbocycles. The second-order valence-corrected chi connectivity index (χ2v) is 8.76. The van der Waals surface area contributed by atoms with Crippen LogP contribution >= 0.6 is 11.6 Å². The Kier molecular flexibility index (Phi) is 5.86. The average Bonchev–Trinajstić information content (AvgIpc) is 3.14. The van der Waals surface area contributed by atoms with Crippen LogP contribution in [0.4, 0.5) is 5.69 Å². The lowest BCUT2D eigenvalue weighted by atomic mass is 9.94. The maximum absolute atomic E-state index is 13.3. The number of methoxy groups -OCH3 is 1. The van der Waals surface area contributed by atoms with Gasteiger partial charge >= 0.3 is 0 Å².